The van der Waals surface area contributed by atoms with Crippen molar-refractivity contribution in [3.63, 3.8) is 0 Å². The van der Waals surface area contributed by atoms with Gasteiger partial charge in [0.1, 0.15) is 12.4 Å². The highest BCUT2D eigenvalue weighted by molar-refractivity contribution is 5.83. The lowest BCUT2D eigenvalue weighted by Crippen LogP contribution is -2.15. The van der Waals surface area contributed by atoms with Crippen LogP contribution in [0.4, 0.5) is 10.6 Å². The van der Waals surface area contributed by atoms with Crippen molar-refractivity contribution in [2.75, 3.05) is 5.32 Å². The first kappa shape index (κ1) is 16.6. The fourth-order valence-corrected chi connectivity index (χ4v) is 2.19. The van der Waals surface area contributed by atoms with E-state index in [0.717, 1.165) is 5.56 Å². The van der Waals surface area contributed by atoms with Crippen molar-refractivity contribution in [2.45, 2.75) is 26.4 Å². The van der Waals surface area contributed by atoms with Gasteiger partial charge in [-0.3, -0.25) is 5.32 Å². The van der Waals surface area contributed by atoms with Gasteiger partial charge >= 0.3 is 6.09 Å². The lowest BCUT2D eigenvalue weighted by Gasteiger charge is -2.09. The van der Waals surface area contributed by atoms with Crippen LogP contribution in [0.1, 0.15) is 31.2 Å². The van der Waals surface area contributed by atoms with Gasteiger partial charge in [-0.2, -0.15) is 4.68 Å². The maximum absolute atomic E-state index is 11.9. The number of nitrogens with zero attached hydrogens (tertiary/aromatic N) is 5. The van der Waals surface area contributed by atoms with Gasteiger partial charge in [0.15, 0.2) is 11.6 Å². The van der Waals surface area contributed by atoms with Gasteiger partial charge in [-0.05, 0) is 28.1 Å². The average molecular weight is 338 g/mol. The highest BCUT2D eigenvalue weighted by Gasteiger charge is 2.13. The number of ether oxygens (including phenoxy) is 1. The zero-order valence-corrected chi connectivity index (χ0v) is 14.0. The Bertz CT molecular complexity index is 847. The molecule has 0 aliphatic carbocycles. The number of nitrogens with one attached hydrogen (secondary N) is 1. The molecule has 0 unspecified atom stereocenters. The third-order valence-electron chi connectivity index (χ3n) is 3.40. The number of hydrogen-bond acceptors (Lipinski definition) is 6. The molecule has 0 atom stereocenters. The molecule has 0 bridgehead atoms. The average Bonchev–Trinajstić information content (AvgIpc) is 3.11. The Labute approximate surface area is 144 Å². The van der Waals surface area contributed by atoms with Crippen LogP contribution in [-0.2, 0) is 11.3 Å². The Hall–Kier alpha value is -3.29. The third-order valence-corrected chi connectivity index (χ3v) is 3.40. The number of amides is 1. The highest BCUT2D eigenvalue weighted by atomic mass is 16.5. The smallest absolute Gasteiger partial charge is 0.413 e. The van der Waals surface area contributed by atoms with Crippen LogP contribution in [0.3, 0.4) is 0 Å². The van der Waals surface area contributed by atoms with Crippen molar-refractivity contribution in [3.8, 4) is 5.82 Å². The lowest BCUT2D eigenvalue weighted by molar-refractivity contribution is 0.155. The van der Waals surface area contributed by atoms with E-state index < -0.39 is 6.09 Å². The molecule has 0 fully saturated rings. The van der Waals surface area contributed by atoms with Gasteiger partial charge in [0.2, 0.25) is 0 Å². The number of pyridine rings is 1. The van der Waals surface area contributed by atoms with Crippen molar-refractivity contribution in [1.82, 2.24) is 25.2 Å². The summed E-state index contributed by atoms with van der Waals surface area (Å²) in [5, 5.41) is 14.2. The first-order valence-electron chi connectivity index (χ1n) is 7.87. The summed E-state index contributed by atoms with van der Waals surface area (Å²) >= 11 is 0. The molecule has 2 aromatic heterocycles. The van der Waals surface area contributed by atoms with Crippen molar-refractivity contribution in [1.29, 1.82) is 0 Å². The summed E-state index contributed by atoms with van der Waals surface area (Å²) in [5.41, 5.74) is 0.912. The van der Waals surface area contributed by atoms with Crippen LogP contribution in [0, 0.1) is 0 Å². The molecule has 0 spiro atoms. The van der Waals surface area contributed by atoms with Crippen LogP contribution in [0.15, 0.2) is 48.5 Å². The van der Waals surface area contributed by atoms with E-state index in [2.05, 4.69) is 25.8 Å². The quantitative estimate of drug-likeness (QED) is 0.768. The molecule has 0 saturated carbocycles. The largest absolute Gasteiger partial charge is 0.444 e. The Morgan fingerprint density at radius 3 is 2.72 bits per heavy atom. The summed E-state index contributed by atoms with van der Waals surface area (Å²) in [6.45, 7) is 4.17. The molecular formula is C17H18N6O2. The van der Waals surface area contributed by atoms with E-state index in [9.17, 15) is 4.79 Å². The predicted octanol–water partition coefficient (Wildman–Crippen LogP) is 2.93. The molecule has 0 aliphatic rings. The van der Waals surface area contributed by atoms with Gasteiger partial charge in [0, 0.05) is 5.92 Å². The van der Waals surface area contributed by atoms with Crippen molar-refractivity contribution >= 4 is 11.9 Å². The van der Waals surface area contributed by atoms with E-state index in [0.29, 0.717) is 17.5 Å². The fourth-order valence-electron chi connectivity index (χ4n) is 2.19. The molecule has 3 rings (SSSR count). The zero-order valence-electron chi connectivity index (χ0n) is 14.0. The molecule has 1 aromatic carbocycles. The number of aromatic nitrogens is 5. The van der Waals surface area contributed by atoms with Crippen LogP contribution < -0.4 is 5.32 Å². The van der Waals surface area contributed by atoms with Crippen molar-refractivity contribution < 1.29 is 9.53 Å². The number of tetrazole rings is 1. The summed E-state index contributed by atoms with van der Waals surface area (Å²) in [7, 11) is 0. The molecule has 0 radical (unpaired) electrons. The minimum atomic E-state index is -0.575. The van der Waals surface area contributed by atoms with Crippen molar-refractivity contribution in [2.24, 2.45) is 0 Å². The SMILES string of the molecule is CC(C)c1nnnn1-c1cccc(NC(=O)OCc2ccccc2)n1. The van der Waals surface area contributed by atoms with E-state index in [1.807, 2.05) is 44.2 Å². The van der Waals surface area contributed by atoms with E-state index in [1.165, 1.54) is 0 Å². The topological polar surface area (TPSA) is 94.8 Å². The van der Waals surface area contributed by atoms with Crippen molar-refractivity contribution in [3.05, 3.63) is 59.9 Å². The molecule has 0 aliphatic heterocycles. The number of benzene rings is 1. The molecule has 1 N–H and O–H groups in total. The number of rotatable bonds is 5. The van der Waals surface area contributed by atoms with Crippen LogP contribution in [-0.4, -0.2) is 31.3 Å². The fraction of sp³-hybridized carbons (Fsp3) is 0.235. The van der Waals surface area contributed by atoms with E-state index >= 15 is 0 Å². The van der Waals surface area contributed by atoms with Crippen LogP contribution in [0.2, 0.25) is 0 Å². The van der Waals surface area contributed by atoms with Gasteiger partial charge in [-0.15, -0.1) is 5.10 Å². The Kier molecular flexibility index (Phi) is 4.98. The lowest BCUT2D eigenvalue weighted by atomic mass is 10.2. The number of carbonyl (C=O) groups is 1. The van der Waals surface area contributed by atoms with Crippen LogP contribution in [0.5, 0.6) is 0 Å². The van der Waals surface area contributed by atoms with E-state index in [1.54, 1.807) is 22.9 Å². The first-order chi connectivity index (χ1) is 12.1. The monoisotopic (exact) mass is 338 g/mol. The molecule has 3 aromatic rings. The number of carbonyl (C=O) groups excluding carboxylic acids is 1. The summed E-state index contributed by atoms with van der Waals surface area (Å²) in [4.78, 5) is 16.3. The summed E-state index contributed by atoms with van der Waals surface area (Å²) < 4.78 is 6.73. The molecular weight excluding hydrogens is 320 g/mol. The third kappa shape index (κ3) is 4.17. The summed E-state index contributed by atoms with van der Waals surface area (Å²) in [5.74, 6) is 1.72. The predicted molar refractivity (Wildman–Crippen MR) is 91.3 cm³/mol. The van der Waals surface area contributed by atoms with E-state index in [-0.39, 0.29) is 12.5 Å². The molecule has 2 heterocycles. The Balaban J connectivity index is 1.67. The first-order valence-corrected chi connectivity index (χ1v) is 7.87. The van der Waals surface area contributed by atoms with Gasteiger partial charge < -0.3 is 4.74 Å². The maximum Gasteiger partial charge on any atom is 0.413 e. The molecule has 0 saturated heterocycles. The molecule has 25 heavy (non-hydrogen) atoms. The molecule has 8 nitrogen and oxygen atoms in total. The number of hydrogen-bond donors (Lipinski definition) is 1. The van der Waals surface area contributed by atoms with Gasteiger partial charge in [0.25, 0.3) is 0 Å². The van der Waals surface area contributed by atoms with Gasteiger partial charge in [0.05, 0.1) is 0 Å². The van der Waals surface area contributed by atoms with Gasteiger partial charge in [-0.25, -0.2) is 9.78 Å². The second kappa shape index (κ2) is 7.52. The highest BCUT2D eigenvalue weighted by Crippen LogP contribution is 2.15. The second-order valence-electron chi connectivity index (χ2n) is 5.67. The second-order valence-corrected chi connectivity index (χ2v) is 5.67. The van der Waals surface area contributed by atoms with E-state index in [4.69, 9.17) is 4.74 Å². The normalized spacial score (nSPS) is 10.7. The Morgan fingerprint density at radius 2 is 1.96 bits per heavy atom. The molecule has 128 valence electrons. The zero-order chi connectivity index (χ0) is 17.6. The van der Waals surface area contributed by atoms with Crippen LogP contribution >= 0.6 is 0 Å². The minimum absolute atomic E-state index is 0.143. The molecule has 1 amide bonds. The molecule has 8 heteroatoms. The Morgan fingerprint density at radius 1 is 1.16 bits per heavy atom. The maximum atomic E-state index is 11.9. The van der Waals surface area contributed by atoms with Gasteiger partial charge in [-0.1, -0.05) is 50.2 Å². The standard InChI is InChI=1S/C17H18N6O2/c1-12(2)16-20-21-22-23(16)15-10-6-9-14(18-15)19-17(24)25-11-13-7-4-3-5-8-13/h3-10,12H,11H2,1-2H3,(H,18,19,24). The summed E-state index contributed by atoms with van der Waals surface area (Å²) in [6.07, 6.45) is -0.575. The van der Waals surface area contributed by atoms with Crippen LogP contribution in [0.25, 0.3) is 5.82 Å². The summed E-state index contributed by atoms with van der Waals surface area (Å²) in [6, 6.07) is 14.7. The number of anilines is 1. The minimum Gasteiger partial charge on any atom is -0.444 e.